The Morgan fingerprint density at radius 3 is 2.24 bits per heavy atom. The van der Waals surface area contributed by atoms with Crippen LogP contribution in [0.25, 0.3) is 0 Å². The summed E-state index contributed by atoms with van der Waals surface area (Å²) in [5.74, 6) is -0.551. The fourth-order valence-electron chi connectivity index (χ4n) is 1.50. The van der Waals surface area contributed by atoms with E-state index in [1.165, 1.54) is 0 Å². The van der Waals surface area contributed by atoms with E-state index < -0.39 is 35.9 Å². The molecular formula is C10H17F3N2O2. The van der Waals surface area contributed by atoms with Crippen molar-refractivity contribution in [2.75, 3.05) is 0 Å². The van der Waals surface area contributed by atoms with Gasteiger partial charge in [0.05, 0.1) is 5.41 Å². The molecule has 17 heavy (non-hydrogen) atoms. The normalized spacial score (nSPS) is 30.4. The second-order valence-corrected chi connectivity index (χ2v) is 5.23. The van der Waals surface area contributed by atoms with Gasteiger partial charge in [-0.1, -0.05) is 0 Å². The Kier molecular flexibility index (Phi) is 3.73. The average Bonchev–Trinajstić information content (AvgIpc) is 2.44. The van der Waals surface area contributed by atoms with Crippen LogP contribution in [0, 0.1) is 5.41 Å². The molecule has 0 aliphatic carbocycles. The number of hydrogen-bond donors (Lipinski definition) is 2. The molecule has 3 atom stereocenters. The Labute approximate surface area is 97.7 Å². The molecule has 4 nitrogen and oxygen atoms in total. The van der Waals surface area contributed by atoms with E-state index >= 15 is 0 Å². The van der Waals surface area contributed by atoms with Crippen LogP contribution in [0.1, 0.15) is 27.2 Å². The van der Waals surface area contributed by atoms with Crippen LogP contribution in [0.2, 0.25) is 0 Å². The maximum atomic E-state index is 12.5. The first-order valence-electron chi connectivity index (χ1n) is 5.31. The molecule has 0 aromatic heterocycles. The summed E-state index contributed by atoms with van der Waals surface area (Å²) in [5.41, 5.74) is 4.62. The molecule has 0 spiro atoms. The third kappa shape index (κ3) is 3.57. The summed E-state index contributed by atoms with van der Waals surface area (Å²) >= 11 is 0. The molecule has 1 aliphatic heterocycles. The number of ether oxygens (including phenoxy) is 1. The number of rotatable bonds is 1. The predicted octanol–water partition coefficient (Wildman–Crippen LogP) is 1.15. The van der Waals surface area contributed by atoms with Crippen molar-refractivity contribution in [2.24, 2.45) is 11.1 Å². The van der Waals surface area contributed by atoms with Crippen molar-refractivity contribution >= 4 is 5.97 Å². The lowest BCUT2D eigenvalue weighted by molar-refractivity contribution is -0.168. The van der Waals surface area contributed by atoms with Crippen LogP contribution >= 0.6 is 0 Å². The summed E-state index contributed by atoms with van der Waals surface area (Å²) in [6.45, 7) is 4.89. The molecule has 3 unspecified atom stereocenters. The lowest BCUT2D eigenvalue weighted by Gasteiger charge is -2.22. The highest BCUT2D eigenvalue weighted by molar-refractivity contribution is 5.75. The number of hydrogen-bond acceptors (Lipinski definition) is 4. The van der Waals surface area contributed by atoms with Crippen molar-refractivity contribution in [1.29, 1.82) is 0 Å². The molecule has 100 valence electrons. The van der Waals surface area contributed by atoms with Crippen molar-refractivity contribution in [3.8, 4) is 0 Å². The van der Waals surface area contributed by atoms with Crippen LogP contribution in [-0.2, 0) is 9.53 Å². The fourth-order valence-corrected chi connectivity index (χ4v) is 1.50. The molecule has 0 amide bonds. The van der Waals surface area contributed by atoms with Gasteiger partial charge in [-0.05, 0) is 20.8 Å². The van der Waals surface area contributed by atoms with Gasteiger partial charge in [-0.15, -0.1) is 0 Å². The maximum absolute atomic E-state index is 12.5. The second kappa shape index (κ2) is 4.45. The molecule has 0 bridgehead atoms. The van der Waals surface area contributed by atoms with Gasteiger partial charge in [0.25, 0.3) is 0 Å². The molecule has 7 heteroatoms. The van der Waals surface area contributed by atoms with Crippen molar-refractivity contribution in [3.63, 3.8) is 0 Å². The fraction of sp³-hybridized carbons (Fsp3) is 0.900. The van der Waals surface area contributed by atoms with E-state index in [9.17, 15) is 18.0 Å². The highest BCUT2D eigenvalue weighted by Crippen LogP contribution is 2.29. The molecule has 1 saturated heterocycles. The number of carbonyl (C=O) groups excluding carboxylic acids is 1. The Hall–Kier alpha value is -0.820. The number of halogens is 3. The number of carbonyl (C=O) groups is 1. The maximum Gasteiger partial charge on any atom is 0.405 e. The monoisotopic (exact) mass is 254 g/mol. The number of esters is 1. The number of nitrogens with one attached hydrogen (secondary N) is 1. The average molecular weight is 254 g/mol. The number of alkyl halides is 3. The molecule has 0 aromatic carbocycles. The van der Waals surface area contributed by atoms with E-state index in [1.54, 1.807) is 20.8 Å². The van der Waals surface area contributed by atoms with E-state index in [0.29, 0.717) is 0 Å². The van der Waals surface area contributed by atoms with Gasteiger partial charge in [0.1, 0.15) is 6.04 Å². The topological polar surface area (TPSA) is 64.3 Å². The molecule has 3 N–H and O–H groups in total. The minimum atomic E-state index is -4.43. The minimum absolute atomic E-state index is 0.0357. The third-order valence-corrected chi connectivity index (χ3v) is 2.49. The van der Waals surface area contributed by atoms with Crippen LogP contribution < -0.4 is 11.1 Å². The van der Waals surface area contributed by atoms with Gasteiger partial charge in [0.15, 0.2) is 6.23 Å². The SMILES string of the molecule is CC(C)(C)C(=O)OC1CC(N)C(C(F)(F)F)N1. The van der Waals surface area contributed by atoms with Gasteiger partial charge >= 0.3 is 12.1 Å². The summed E-state index contributed by atoms with van der Waals surface area (Å²) in [6.07, 6.45) is -5.43. The van der Waals surface area contributed by atoms with Crippen LogP contribution in [0.15, 0.2) is 0 Å². The second-order valence-electron chi connectivity index (χ2n) is 5.23. The molecule has 0 radical (unpaired) electrons. The highest BCUT2D eigenvalue weighted by Gasteiger charge is 2.50. The van der Waals surface area contributed by atoms with Gasteiger partial charge < -0.3 is 10.5 Å². The standard InChI is InChI=1S/C10H17F3N2O2/c1-9(2,3)8(16)17-6-4-5(14)7(15-6)10(11,12)13/h5-7,15H,4,14H2,1-3H3. The molecule has 1 heterocycles. The van der Waals surface area contributed by atoms with Gasteiger partial charge in [-0.2, -0.15) is 13.2 Å². The van der Waals surface area contributed by atoms with Crippen LogP contribution in [0.3, 0.4) is 0 Å². The minimum Gasteiger partial charge on any atom is -0.446 e. The third-order valence-electron chi connectivity index (χ3n) is 2.49. The number of nitrogens with two attached hydrogens (primary N) is 1. The van der Waals surface area contributed by atoms with Gasteiger partial charge in [-0.3, -0.25) is 10.1 Å². The summed E-state index contributed by atoms with van der Waals surface area (Å²) in [4.78, 5) is 11.5. The largest absolute Gasteiger partial charge is 0.446 e. The van der Waals surface area contributed by atoms with E-state index in [2.05, 4.69) is 5.32 Å². The van der Waals surface area contributed by atoms with Crippen LogP contribution in [0.4, 0.5) is 13.2 Å². The van der Waals surface area contributed by atoms with E-state index in [0.717, 1.165) is 0 Å². The Balaban J connectivity index is 2.59. The Bertz CT molecular complexity index is 299. The van der Waals surface area contributed by atoms with E-state index in [-0.39, 0.29) is 6.42 Å². The quantitative estimate of drug-likeness (QED) is 0.689. The van der Waals surface area contributed by atoms with E-state index in [1.807, 2.05) is 0 Å². The summed E-state index contributed by atoms with van der Waals surface area (Å²) in [6, 6.07) is -2.91. The van der Waals surface area contributed by atoms with Crippen LogP contribution in [-0.4, -0.2) is 30.5 Å². The summed E-state index contributed by atoms with van der Waals surface area (Å²) < 4.78 is 42.4. The smallest absolute Gasteiger partial charge is 0.405 e. The molecule has 0 aromatic rings. The molecular weight excluding hydrogens is 237 g/mol. The van der Waals surface area contributed by atoms with Crippen molar-refractivity contribution in [3.05, 3.63) is 0 Å². The zero-order valence-electron chi connectivity index (χ0n) is 9.97. The zero-order valence-corrected chi connectivity index (χ0v) is 9.97. The first-order chi connectivity index (χ1) is 7.51. The molecule has 1 rings (SSSR count). The molecule has 1 fully saturated rings. The van der Waals surface area contributed by atoms with E-state index in [4.69, 9.17) is 10.5 Å². The highest BCUT2D eigenvalue weighted by atomic mass is 19.4. The first-order valence-corrected chi connectivity index (χ1v) is 5.31. The lowest BCUT2D eigenvalue weighted by Crippen LogP contribution is -2.49. The zero-order chi connectivity index (χ0) is 13.4. The van der Waals surface area contributed by atoms with Gasteiger partial charge in [0.2, 0.25) is 0 Å². The summed E-state index contributed by atoms with van der Waals surface area (Å²) in [5, 5.41) is 2.19. The summed E-state index contributed by atoms with van der Waals surface area (Å²) in [7, 11) is 0. The Morgan fingerprint density at radius 2 is 1.88 bits per heavy atom. The lowest BCUT2D eigenvalue weighted by atomic mass is 9.97. The van der Waals surface area contributed by atoms with Crippen LogP contribution in [0.5, 0.6) is 0 Å². The first kappa shape index (κ1) is 14.2. The van der Waals surface area contributed by atoms with Gasteiger partial charge in [0, 0.05) is 12.5 Å². The Morgan fingerprint density at radius 1 is 1.35 bits per heavy atom. The molecule has 0 saturated carbocycles. The van der Waals surface area contributed by atoms with Crippen molar-refractivity contribution < 1.29 is 22.7 Å². The van der Waals surface area contributed by atoms with Crippen molar-refractivity contribution in [2.45, 2.75) is 51.7 Å². The van der Waals surface area contributed by atoms with Gasteiger partial charge in [-0.25, -0.2) is 0 Å². The molecule has 1 aliphatic rings. The predicted molar refractivity (Wildman–Crippen MR) is 54.9 cm³/mol. The van der Waals surface area contributed by atoms with Crippen molar-refractivity contribution in [1.82, 2.24) is 5.32 Å².